The van der Waals surface area contributed by atoms with E-state index in [1.165, 1.54) is 28.8 Å². The molecule has 3 aromatic rings. The van der Waals surface area contributed by atoms with Crippen molar-refractivity contribution in [1.82, 2.24) is 9.55 Å². The minimum absolute atomic E-state index is 0.103. The normalized spacial score (nSPS) is 13.6. The molecule has 5 nitrogen and oxygen atoms in total. The fourth-order valence-corrected chi connectivity index (χ4v) is 5.07. The van der Waals surface area contributed by atoms with Crippen molar-refractivity contribution >= 4 is 27.5 Å². The first-order valence-electron chi connectivity index (χ1n) is 9.63. The fourth-order valence-electron chi connectivity index (χ4n) is 3.81. The maximum absolute atomic E-state index is 13.1. The Morgan fingerprint density at radius 1 is 1.30 bits per heavy atom. The third-order valence-corrected chi connectivity index (χ3v) is 6.41. The molecule has 1 aliphatic carbocycles. The average molecular weight is 384 g/mol. The van der Waals surface area contributed by atoms with Crippen LogP contribution < -0.4 is 15.6 Å². The number of thiophene rings is 1. The Labute approximate surface area is 163 Å². The summed E-state index contributed by atoms with van der Waals surface area (Å²) >= 11 is 1.70. The first-order chi connectivity index (χ1) is 13.2. The van der Waals surface area contributed by atoms with Gasteiger partial charge in [0.25, 0.3) is 5.56 Å². The Hall–Kier alpha value is -2.34. The van der Waals surface area contributed by atoms with E-state index in [-0.39, 0.29) is 5.56 Å². The van der Waals surface area contributed by atoms with E-state index in [2.05, 4.69) is 11.4 Å². The zero-order valence-corrected chi connectivity index (χ0v) is 16.7. The van der Waals surface area contributed by atoms with Crippen molar-refractivity contribution in [3.05, 3.63) is 50.6 Å². The number of rotatable bonds is 6. The topological polar surface area (TPSA) is 56.1 Å². The van der Waals surface area contributed by atoms with Crippen LogP contribution in [0.4, 0.5) is 5.95 Å². The lowest BCUT2D eigenvalue weighted by Crippen LogP contribution is -2.25. The molecule has 4 rings (SSSR count). The van der Waals surface area contributed by atoms with E-state index in [0.29, 0.717) is 12.5 Å². The van der Waals surface area contributed by atoms with Crippen molar-refractivity contribution in [3.63, 3.8) is 0 Å². The van der Waals surface area contributed by atoms with Gasteiger partial charge in [-0.3, -0.25) is 9.36 Å². The Balaban J connectivity index is 1.60. The van der Waals surface area contributed by atoms with Gasteiger partial charge < -0.3 is 10.1 Å². The van der Waals surface area contributed by atoms with Crippen molar-refractivity contribution in [2.75, 3.05) is 19.0 Å². The molecule has 142 valence electrons. The Kier molecular flexibility index (Phi) is 5.16. The van der Waals surface area contributed by atoms with E-state index in [0.717, 1.165) is 41.8 Å². The van der Waals surface area contributed by atoms with Crippen molar-refractivity contribution in [3.8, 4) is 5.75 Å². The van der Waals surface area contributed by atoms with Gasteiger partial charge >= 0.3 is 0 Å². The number of aromatic nitrogens is 2. The van der Waals surface area contributed by atoms with Crippen LogP contribution in [-0.4, -0.2) is 23.2 Å². The van der Waals surface area contributed by atoms with Gasteiger partial charge in [0, 0.05) is 18.0 Å². The quantitative estimate of drug-likeness (QED) is 0.698. The van der Waals surface area contributed by atoms with E-state index in [1.54, 1.807) is 23.0 Å². The van der Waals surface area contributed by atoms with Gasteiger partial charge in [0.15, 0.2) is 0 Å². The van der Waals surface area contributed by atoms with Gasteiger partial charge in [0.1, 0.15) is 10.6 Å². The van der Waals surface area contributed by atoms with Gasteiger partial charge in [-0.1, -0.05) is 12.1 Å². The van der Waals surface area contributed by atoms with Crippen LogP contribution >= 0.6 is 11.3 Å². The first kappa shape index (κ1) is 18.0. The molecule has 6 heteroatoms. The lowest BCUT2D eigenvalue weighted by Gasteiger charge is -2.13. The smallest absolute Gasteiger partial charge is 0.263 e. The fraction of sp³-hybridized carbons (Fsp3) is 0.429. The molecule has 0 aliphatic heterocycles. The van der Waals surface area contributed by atoms with Crippen molar-refractivity contribution in [2.24, 2.45) is 0 Å². The van der Waals surface area contributed by atoms with Crippen LogP contribution in [0.25, 0.3) is 10.2 Å². The Morgan fingerprint density at radius 2 is 2.15 bits per heavy atom. The molecule has 0 fully saturated rings. The Morgan fingerprint density at radius 3 is 2.96 bits per heavy atom. The predicted molar refractivity (Wildman–Crippen MR) is 111 cm³/mol. The molecule has 0 amide bonds. The molecular formula is C21H25N3O2S. The molecule has 1 aromatic carbocycles. The van der Waals surface area contributed by atoms with E-state index in [1.807, 2.05) is 25.1 Å². The van der Waals surface area contributed by atoms with Gasteiger partial charge in [-0.05, 0) is 62.3 Å². The largest absolute Gasteiger partial charge is 0.497 e. The summed E-state index contributed by atoms with van der Waals surface area (Å²) in [5.74, 6) is 1.54. The number of nitrogens with zero attached hydrogens (tertiary/aromatic N) is 2. The summed E-state index contributed by atoms with van der Waals surface area (Å²) in [6, 6.07) is 8.07. The minimum Gasteiger partial charge on any atom is -0.497 e. The molecule has 1 aliphatic rings. The average Bonchev–Trinajstić information content (AvgIpc) is 3.07. The predicted octanol–water partition coefficient (Wildman–Crippen LogP) is 4.02. The number of methoxy groups -OCH3 is 1. The number of benzene rings is 1. The second-order valence-corrected chi connectivity index (χ2v) is 7.99. The second kappa shape index (κ2) is 7.72. The van der Waals surface area contributed by atoms with Crippen molar-refractivity contribution in [1.29, 1.82) is 0 Å². The molecular weight excluding hydrogens is 358 g/mol. The number of anilines is 1. The standard InChI is InChI=1S/C21H25N3O2S/c1-3-24-20(25)18-16-9-4-5-10-17(16)27-19(18)23-21(24)22-12-11-14-7-6-8-15(13-14)26-2/h6-8,13H,3-5,9-12H2,1-2H3,(H,22,23). The molecule has 0 saturated carbocycles. The third-order valence-electron chi connectivity index (χ3n) is 5.22. The van der Waals surface area contributed by atoms with Crippen LogP contribution in [0, 0.1) is 0 Å². The maximum Gasteiger partial charge on any atom is 0.263 e. The highest BCUT2D eigenvalue weighted by molar-refractivity contribution is 7.18. The lowest BCUT2D eigenvalue weighted by atomic mass is 9.97. The summed E-state index contributed by atoms with van der Waals surface area (Å²) < 4.78 is 7.06. The summed E-state index contributed by atoms with van der Waals surface area (Å²) in [5.41, 5.74) is 2.55. The van der Waals surface area contributed by atoms with E-state index >= 15 is 0 Å². The highest BCUT2D eigenvalue weighted by Gasteiger charge is 2.21. The van der Waals surface area contributed by atoms with Crippen molar-refractivity contribution < 1.29 is 4.74 Å². The maximum atomic E-state index is 13.1. The summed E-state index contributed by atoms with van der Waals surface area (Å²) in [7, 11) is 1.68. The molecule has 0 atom stereocenters. The number of fused-ring (bicyclic) bond motifs is 3. The molecule has 0 spiro atoms. The van der Waals surface area contributed by atoms with Crippen LogP contribution in [0.15, 0.2) is 29.1 Å². The number of hydrogen-bond acceptors (Lipinski definition) is 5. The zero-order chi connectivity index (χ0) is 18.8. The van der Waals surface area contributed by atoms with Gasteiger partial charge in [-0.2, -0.15) is 0 Å². The van der Waals surface area contributed by atoms with Crippen LogP contribution in [0.5, 0.6) is 5.75 Å². The van der Waals surface area contributed by atoms with Crippen molar-refractivity contribution in [2.45, 2.75) is 45.6 Å². The molecule has 0 saturated heterocycles. The SMILES string of the molecule is CCn1c(NCCc2cccc(OC)c2)nc2sc3c(c2c1=O)CCCC3. The number of nitrogens with one attached hydrogen (secondary N) is 1. The highest BCUT2D eigenvalue weighted by Crippen LogP contribution is 2.34. The van der Waals surface area contributed by atoms with Gasteiger partial charge in [0.2, 0.25) is 5.95 Å². The number of ether oxygens (including phenoxy) is 1. The molecule has 27 heavy (non-hydrogen) atoms. The molecule has 1 N–H and O–H groups in total. The van der Waals surface area contributed by atoms with Gasteiger partial charge in [-0.25, -0.2) is 4.98 Å². The minimum atomic E-state index is 0.103. The van der Waals surface area contributed by atoms with Crippen LogP contribution in [0.2, 0.25) is 0 Å². The van der Waals surface area contributed by atoms with Crippen LogP contribution in [-0.2, 0) is 25.8 Å². The van der Waals surface area contributed by atoms with E-state index < -0.39 is 0 Å². The monoisotopic (exact) mass is 383 g/mol. The third kappa shape index (κ3) is 3.46. The molecule has 2 heterocycles. The lowest BCUT2D eigenvalue weighted by molar-refractivity contribution is 0.414. The second-order valence-electron chi connectivity index (χ2n) is 6.90. The number of hydrogen-bond donors (Lipinski definition) is 1. The molecule has 2 aromatic heterocycles. The Bertz CT molecular complexity index is 1020. The summed E-state index contributed by atoms with van der Waals surface area (Å²) in [6.45, 7) is 3.34. The van der Waals surface area contributed by atoms with Crippen LogP contribution in [0.1, 0.15) is 35.8 Å². The summed E-state index contributed by atoms with van der Waals surface area (Å²) in [5, 5.41) is 4.24. The first-order valence-corrected chi connectivity index (χ1v) is 10.4. The van der Waals surface area contributed by atoms with Gasteiger partial charge in [-0.15, -0.1) is 11.3 Å². The summed E-state index contributed by atoms with van der Waals surface area (Å²) in [4.78, 5) is 20.2. The number of aryl methyl sites for hydroxylation is 2. The molecule has 0 unspecified atom stereocenters. The molecule has 0 bridgehead atoms. The zero-order valence-electron chi connectivity index (χ0n) is 15.9. The van der Waals surface area contributed by atoms with E-state index in [4.69, 9.17) is 9.72 Å². The summed E-state index contributed by atoms with van der Waals surface area (Å²) in [6.07, 6.45) is 5.33. The van der Waals surface area contributed by atoms with Gasteiger partial charge in [0.05, 0.1) is 12.5 Å². The highest BCUT2D eigenvalue weighted by atomic mass is 32.1. The van der Waals surface area contributed by atoms with Crippen LogP contribution in [0.3, 0.4) is 0 Å². The van der Waals surface area contributed by atoms with E-state index in [9.17, 15) is 4.79 Å². The molecule has 0 radical (unpaired) electrons.